The molecular weight excluding hydrogens is 394 g/mol. The van der Waals surface area contributed by atoms with Crippen molar-refractivity contribution in [1.29, 1.82) is 0 Å². The fourth-order valence-electron chi connectivity index (χ4n) is 4.25. The van der Waals surface area contributed by atoms with Crippen LogP contribution >= 0.6 is 0 Å². The van der Waals surface area contributed by atoms with Gasteiger partial charge in [0.15, 0.2) is 0 Å². The standard InChI is InChI=1S/C25H21NO5/c1-16-7-6-8-18(15-16)22-30-24(28)25(31-22)21(17-11-13-20(29-2)14-12-17)26(23(25)27)19-9-4-3-5-10-19/h3-15,21-22H,1-2H3/t21-,22-,25-/m0/s1. The number of carbonyl (C=O) groups excluding carboxylic acids is 2. The maximum Gasteiger partial charge on any atom is 0.353 e. The maximum atomic E-state index is 13.4. The number of esters is 1. The molecule has 1 amide bonds. The van der Waals surface area contributed by atoms with Gasteiger partial charge in [-0.3, -0.25) is 9.69 Å². The first-order valence-electron chi connectivity index (χ1n) is 10.0. The average molecular weight is 415 g/mol. The Morgan fingerprint density at radius 2 is 1.65 bits per heavy atom. The number of hydrogen-bond donors (Lipinski definition) is 0. The molecule has 2 saturated heterocycles. The molecule has 0 radical (unpaired) electrons. The first kappa shape index (κ1) is 19.3. The van der Waals surface area contributed by atoms with Crippen molar-refractivity contribution in [2.24, 2.45) is 0 Å². The van der Waals surface area contributed by atoms with Crippen molar-refractivity contribution in [2.75, 3.05) is 12.0 Å². The van der Waals surface area contributed by atoms with Gasteiger partial charge in [-0.25, -0.2) is 4.79 Å². The SMILES string of the molecule is COc1ccc([C@@H]2N(c3ccccc3)C(=O)[C@@]23O[C@@H](c2cccc(C)c2)OC3=O)cc1. The summed E-state index contributed by atoms with van der Waals surface area (Å²) in [5.74, 6) is -0.418. The summed E-state index contributed by atoms with van der Waals surface area (Å²) in [6, 6.07) is 23.4. The molecule has 6 nitrogen and oxygen atoms in total. The number of aryl methyl sites for hydroxylation is 1. The number of benzene rings is 3. The van der Waals surface area contributed by atoms with Gasteiger partial charge >= 0.3 is 5.97 Å². The minimum absolute atomic E-state index is 0.431. The van der Waals surface area contributed by atoms with E-state index in [9.17, 15) is 9.59 Å². The summed E-state index contributed by atoms with van der Waals surface area (Å²) in [5, 5.41) is 0. The molecule has 0 unspecified atom stereocenters. The predicted molar refractivity (Wildman–Crippen MR) is 113 cm³/mol. The Labute approximate surface area is 180 Å². The molecule has 5 rings (SSSR count). The molecule has 0 saturated carbocycles. The molecule has 3 aromatic rings. The monoisotopic (exact) mass is 415 g/mol. The normalized spacial score (nSPS) is 24.8. The minimum Gasteiger partial charge on any atom is -0.497 e. The van der Waals surface area contributed by atoms with Gasteiger partial charge in [-0.15, -0.1) is 0 Å². The lowest BCUT2D eigenvalue weighted by Gasteiger charge is -2.50. The van der Waals surface area contributed by atoms with Gasteiger partial charge in [0.2, 0.25) is 6.29 Å². The lowest BCUT2D eigenvalue weighted by Crippen LogP contribution is -2.71. The quantitative estimate of drug-likeness (QED) is 0.365. The Morgan fingerprint density at radius 1 is 0.903 bits per heavy atom. The molecule has 6 heteroatoms. The Bertz CT molecular complexity index is 1140. The largest absolute Gasteiger partial charge is 0.497 e. The molecule has 2 heterocycles. The second-order valence-electron chi connectivity index (χ2n) is 7.69. The van der Waals surface area contributed by atoms with Gasteiger partial charge in [-0.05, 0) is 42.8 Å². The van der Waals surface area contributed by atoms with Crippen LogP contribution in [0.1, 0.15) is 29.0 Å². The van der Waals surface area contributed by atoms with E-state index in [0.29, 0.717) is 17.0 Å². The number of rotatable bonds is 4. The number of para-hydroxylation sites is 1. The van der Waals surface area contributed by atoms with E-state index in [1.54, 1.807) is 24.1 Å². The zero-order chi connectivity index (χ0) is 21.6. The van der Waals surface area contributed by atoms with Crippen LogP contribution in [0.4, 0.5) is 5.69 Å². The molecular formula is C25H21NO5. The molecule has 3 aromatic carbocycles. The number of hydrogen-bond acceptors (Lipinski definition) is 5. The van der Waals surface area contributed by atoms with Crippen LogP contribution in [0.5, 0.6) is 5.75 Å². The Morgan fingerprint density at radius 3 is 2.32 bits per heavy atom. The zero-order valence-corrected chi connectivity index (χ0v) is 17.1. The van der Waals surface area contributed by atoms with Crippen LogP contribution in [-0.2, 0) is 19.1 Å². The van der Waals surface area contributed by atoms with E-state index in [4.69, 9.17) is 14.2 Å². The fourth-order valence-corrected chi connectivity index (χ4v) is 4.25. The average Bonchev–Trinajstić information content (AvgIpc) is 3.17. The van der Waals surface area contributed by atoms with Crippen LogP contribution in [0.25, 0.3) is 0 Å². The highest BCUT2D eigenvalue weighted by atomic mass is 16.8. The van der Waals surface area contributed by atoms with Gasteiger partial charge in [0, 0.05) is 11.3 Å². The van der Waals surface area contributed by atoms with E-state index in [1.165, 1.54) is 0 Å². The summed E-state index contributed by atoms with van der Waals surface area (Å²) in [7, 11) is 1.59. The van der Waals surface area contributed by atoms with Gasteiger partial charge in [0.25, 0.3) is 11.5 Å². The Hall–Kier alpha value is -3.64. The highest BCUT2D eigenvalue weighted by Crippen LogP contribution is 2.54. The number of ether oxygens (including phenoxy) is 3. The molecule has 0 N–H and O–H groups in total. The van der Waals surface area contributed by atoms with Gasteiger partial charge in [0.05, 0.1) is 7.11 Å². The van der Waals surface area contributed by atoms with E-state index >= 15 is 0 Å². The summed E-state index contributed by atoms with van der Waals surface area (Å²) in [5.41, 5.74) is 1.43. The smallest absolute Gasteiger partial charge is 0.353 e. The third-order valence-corrected chi connectivity index (χ3v) is 5.77. The van der Waals surface area contributed by atoms with Crippen molar-refractivity contribution in [1.82, 2.24) is 0 Å². The van der Waals surface area contributed by atoms with E-state index < -0.39 is 29.8 Å². The third-order valence-electron chi connectivity index (χ3n) is 5.77. The lowest BCUT2D eigenvalue weighted by molar-refractivity contribution is -0.168. The summed E-state index contributed by atoms with van der Waals surface area (Å²) < 4.78 is 17.0. The highest BCUT2D eigenvalue weighted by molar-refractivity contribution is 6.21. The van der Waals surface area contributed by atoms with Crippen molar-refractivity contribution in [3.8, 4) is 5.75 Å². The number of amides is 1. The molecule has 1 spiro atoms. The summed E-state index contributed by atoms with van der Waals surface area (Å²) in [6.45, 7) is 1.95. The molecule has 0 aliphatic carbocycles. The summed E-state index contributed by atoms with van der Waals surface area (Å²) in [6.07, 6.45) is -0.935. The summed E-state index contributed by atoms with van der Waals surface area (Å²) >= 11 is 0. The van der Waals surface area contributed by atoms with Crippen molar-refractivity contribution in [3.63, 3.8) is 0 Å². The van der Waals surface area contributed by atoms with E-state index in [1.807, 2.05) is 73.7 Å². The molecule has 0 bridgehead atoms. The topological polar surface area (TPSA) is 65.1 Å². The van der Waals surface area contributed by atoms with Crippen molar-refractivity contribution in [2.45, 2.75) is 24.9 Å². The fraction of sp³-hybridized carbons (Fsp3) is 0.200. The van der Waals surface area contributed by atoms with Crippen LogP contribution in [0.3, 0.4) is 0 Å². The van der Waals surface area contributed by atoms with Crippen LogP contribution in [0.15, 0.2) is 78.9 Å². The second-order valence-corrected chi connectivity index (χ2v) is 7.69. The molecule has 2 fully saturated rings. The second kappa shape index (κ2) is 7.25. The molecule has 0 aromatic heterocycles. The van der Waals surface area contributed by atoms with Crippen LogP contribution < -0.4 is 9.64 Å². The zero-order valence-electron chi connectivity index (χ0n) is 17.1. The first-order valence-corrected chi connectivity index (χ1v) is 10.0. The van der Waals surface area contributed by atoms with Gasteiger partial charge in [0.1, 0.15) is 11.8 Å². The van der Waals surface area contributed by atoms with Gasteiger partial charge < -0.3 is 14.2 Å². The first-order chi connectivity index (χ1) is 15.0. The van der Waals surface area contributed by atoms with Crippen molar-refractivity contribution < 1.29 is 23.8 Å². The maximum absolute atomic E-state index is 13.4. The minimum atomic E-state index is -1.72. The molecule has 2 aliphatic rings. The number of methoxy groups -OCH3 is 1. The van der Waals surface area contributed by atoms with E-state index in [-0.39, 0.29) is 0 Å². The van der Waals surface area contributed by atoms with Crippen LogP contribution in [0, 0.1) is 6.92 Å². The van der Waals surface area contributed by atoms with Gasteiger partial charge in [-0.2, -0.15) is 0 Å². The highest BCUT2D eigenvalue weighted by Gasteiger charge is 2.73. The number of β-lactam (4-membered cyclic amide) rings is 1. The van der Waals surface area contributed by atoms with E-state index in [2.05, 4.69) is 0 Å². The number of carbonyl (C=O) groups is 2. The van der Waals surface area contributed by atoms with Gasteiger partial charge in [-0.1, -0.05) is 54.1 Å². The number of cyclic esters (lactones) is 1. The van der Waals surface area contributed by atoms with Crippen molar-refractivity contribution >= 4 is 17.6 Å². The molecule has 2 aliphatic heterocycles. The predicted octanol–water partition coefficient (Wildman–Crippen LogP) is 4.10. The van der Waals surface area contributed by atoms with E-state index in [0.717, 1.165) is 11.1 Å². The molecule has 3 atom stereocenters. The molecule has 156 valence electrons. The number of anilines is 1. The van der Waals surface area contributed by atoms with Crippen molar-refractivity contribution in [3.05, 3.63) is 95.6 Å². The third kappa shape index (κ3) is 2.91. The Balaban J connectivity index is 1.57. The van der Waals surface area contributed by atoms with Crippen LogP contribution in [-0.4, -0.2) is 24.6 Å². The molecule has 31 heavy (non-hydrogen) atoms. The summed E-state index contributed by atoms with van der Waals surface area (Å²) in [4.78, 5) is 28.1. The Kier molecular flexibility index (Phi) is 4.52. The lowest BCUT2D eigenvalue weighted by atomic mass is 9.77. The van der Waals surface area contributed by atoms with Crippen LogP contribution in [0.2, 0.25) is 0 Å². The number of nitrogens with zero attached hydrogens (tertiary/aromatic N) is 1.